The van der Waals surface area contributed by atoms with E-state index in [1.807, 2.05) is 0 Å². The standard InChI is InChI=1S/C22H29BF2NO3/c1-26(2,3)17-22(13-5-4-6-14-22)29-23(27-20-11-7-9-18(24)15-20)28-21-12-8-10-19(25)16-21/h7-12,15-16H,4-6,13-14,17H2,1-3H3/q+1. The Bertz CT molecular complexity index is 759. The lowest BCUT2D eigenvalue weighted by Crippen LogP contribution is -2.55. The van der Waals surface area contributed by atoms with Crippen LogP contribution in [0, 0.1) is 11.6 Å². The molecule has 0 saturated heterocycles. The summed E-state index contributed by atoms with van der Waals surface area (Å²) in [5.74, 6) is -0.235. The summed E-state index contributed by atoms with van der Waals surface area (Å²) in [5, 5.41) is 0. The van der Waals surface area contributed by atoms with Gasteiger partial charge in [-0.05, 0) is 37.1 Å². The molecule has 1 aliphatic carbocycles. The van der Waals surface area contributed by atoms with Crippen LogP contribution in [0.3, 0.4) is 0 Å². The minimum atomic E-state index is -1.12. The van der Waals surface area contributed by atoms with Crippen LogP contribution in [-0.4, -0.2) is 45.1 Å². The van der Waals surface area contributed by atoms with Gasteiger partial charge in [-0.1, -0.05) is 31.4 Å². The topological polar surface area (TPSA) is 27.7 Å². The quantitative estimate of drug-likeness (QED) is 0.466. The van der Waals surface area contributed by atoms with Crippen LogP contribution >= 0.6 is 0 Å². The number of quaternary nitrogens is 1. The van der Waals surface area contributed by atoms with E-state index in [-0.39, 0.29) is 0 Å². The molecular formula is C22H29BF2NO3+. The molecule has 0 spiro atoms. The molecule has 0 aliphatic heterocycles. The summed E-state index contributed by atoms with van der Waals surface area (Å²) < 4.78 is 46.2. The van der Waals surface area contributed by atoms with Gasteiger partial charge in [0.15, 0.2) is 0 Å². The summed E-state index contributed by atoms with van der Waals surface area (Å²) in [6, 6.07) is 11.6. The maximum absolute atomic E-state index is 13.6. The number of hydrogen-bond acceptors (Lipinski definition) is 3. The Kier molecular flexibility index (Phi) is 6.80. The van der Waals surface area contributed by atoms with E-state index >= 15 is 0 Å². The van der Waals surface area contributed by atoms with Crippen molar-refractivity contribution in [1.82, 2.24) is 0 Å². The van der Waals surface area contributed by atoms with Gasteiger partial charge in [0.05, 0.1) is 21.1 Å². The predicted octanol–water partition coefficient (Wildman–Crippen LogP) is 4.83. The lowest BCUT2D eigenvalue weighted by molar-refractivity contribution is -0.877. The normalized spacial score (nSPS) is 16.3. The maximum Gasteiger partial charge on any atom is 0.788 e. The third-order valence-corrected chi connectivity index (χ3v) is 4.93. The van der Waals surface area contributed by atoms with Gasteiger partial charge in [-0.2, -0.15) is 0 Å². The van der Waals surface area contributed by atoms with Crippen molar-refractivity contribution in [2.24, 2.45) is 0 Å². The Balaban J connectivity index is 1.85. The van der Waals surface area contributed by atoms with Gasteiger partial charge < -0.3 is 18.4 Å². The highest BCUT2D eigenvalue weighted by molar-refractivity contribution is 6.38. The van der Waals surface area contributed by atoms with Crippen molar-refractivity contribution in [3.8, 4) is 11.5 Å². The third kappa shape index (κ3) is 6.72. The Labute approximate surface area is 172 Å². The summed E-state index contributed by atoms with van der Waals surface area (Å²) in [6.07, 6.45) is 5.07. The van der Waals surface area contributed by atoms with Crippen LogP contribution in [0.4, 0.5) is 8.78 Å². The second-order valence-corrected chi connectivity index (χ2v) is 8.75. The number of nitrogens with zero attached hydrogens (tertiary/aromatic N) is 1. The van der Waals surface area contributed by atoms with Crippen LogP contribution in [0.15, 0.2) is 48.5 Å². The maximum atomic E-state index is 13.6. The van der Waals surface area contributed by atoms with E-state index in [1.54, 1.807) is 24.3 Å². The molecule has 0 aromatic heterocycles. The Morgan fingerprint density at radius 1 is 0.862 bits per heavy atom. The van der Waals surface area contributed by atoms with E-state index in [0.29, 0.717) is 11.5 Å². The van der Waals surface area contributed by atoms with Crippen LogP contribution in [0.5, 0.6) is 11.5 Å². The highest BCUT2D eigenvalue weighted by atomic mass is 19.1. The number of hydrogen-bond donors (Lipinski definition) is 0. The molecule has 2 aromatic carbocycles. The molecule has 7 heteroatoms. The molecule has 0 unspecified atom stereocenters. The van der Waals surface area contributed by atoms with Gasteiger partial charge in [-0.25, -0.2) is 8.78 Å². The van der Waals surface area contributed by atoms with E-state index in [9.17, 15) is 8.78 Å². The molecule has 2 aromatic rings. The van der Waals surface area contributed by atoms with Crippen LogP contribution in [0.25, 0.3) is 0 Å². The molecule has 29 heavy (non-hydrogen) atoms. The average Bonchev–Trinajstić information content (AvgIpc) is 2.60. The van der Waals surface area contributed by atoms with Crippen LogP contribution in [-0.2, 0) is 4.65 Å². The smallest absolute Gasteiger partial charge is 0.501 e. The van der Waals surface area contributed by atoms with E-state index in [1.165, 1.54) is 30.7 Å². The van der Waals surface area contributed by atoms with Crippen molar-refractivity contribution in [2.45, 2.75) is 37.7 Å². The first kappa shape index (κ1) is 21.6. The van der Waals surface area contributed by atoms with E-state index in [0.717, 1.165) is 36.7 Å². The van der Waals surface area contributed by atoms with Gasteiger partial charge in [0.2, 0.25) is 0 Å². The molecule has 0 amide bonds. The lowest BCUT2D eigenvalue weighted by Gasteiger charge is -2.42. The number of rotatable bonds is 8. The zero-order valence-electron chi connectivity index (χ0n) is 17.4. The molecule has 156 valence electrons. The van der Waals surface area contributed by atoms with Gasteiger partial charge in [-0.15, -0.1) is 0 Å². The average molecular weight is 404 g/mol. The zero-order chi connectivity index (χ0) is 20.9. The van der Waals surface area contributed by atoms with Gasteiger partial charge in [0.25, 0.3) is 0 Å². The fourth-order valence-corrected chi connectivity index (χ4v) is 3.95. The number of halogens is 2. The molecule has 1 aliphatic rings. The van der Waals surface area contributed by atoms with Crippen molar-refractivity contribution in [2.75, 3.05) is 27.7 Å². The summed E-state index contributed by atoms with van der Waals surface area (Å²) >= 11 is 0. The van der Waals surface area contributed by atoms with Gasteiger partial charge in [0.1, 0.15) is 35.3 Å². The van der Waals surface area contributed by atoms with Gasteiger partial charge >= 0.3 is 7.32 Å². The summed E-state index contributed by atoms with van der Waals surface area (Å²) in [4.78, 5) is 0. The lowest BCUT2D eigenvalue weighted by atomic mass is 9.82. The van der Waals surface area contributed by atoms with E-state index in [2.05, 4.69) is 21.1 Å². The minimum absolute atomic E-state index is 0.294. The van der Waals surface area contributed by atoms with Crippen molar-refractivity contribution < 1.29 is 27.2 Å². The summed E-state index contributed by atoms with van der Waals surface area (Å²) in [5.41, 5.74) is -0.429. The third-order valence-electron chi connectivity index (χ3n) is 4.93. The second kappa shape index (κ2) is 9.14. The molecule has 4 nitrogen and oxygen atoms in total. The number of benzene rings is 2. The molecule has 0 radical (unpaired) electrons. The molecule has 0 N–H and O–H groups in total. The number of likely N-dealkylation sites (N-methyl/N-ethyl adjacent to an activating group) is 1. The Hall–Kier alpha value is -2.12. The molecule has 3 rings (SSSR count). The molecule has 1 fully saturated rings. The Morgan fingerprint density at radius 2 is 1.38 bits per heavy atom. The van der Waals surface area contributed by atoms with E-state index in [4.69, 9.17) is 14.0 Å². The van der Waals surface area contributed by atoms with Gasteiger partial charge in [0, 0.05) is 12.1 Å². The predicted molar refractivity (Wildman–Crippen MR) is 110 cm³/mol. The first-order valence-electron chi connectivity index (χ1n) is 10.1. The summed E-state index contributed by atoms with van der Waals surface area (Å²) in [7, 11) is 5.24. The van der Waals surface area contributed by atoms with Crippen molar-refractivity contribution in [3.63, 3.8) is 0 Å². The SMILES string of the molecule is C[N+](C)(C)CC1(OB(Oc2cccc(F)c2)Oc2cccc(F)c2)CCCCC1. The van der Waals surface area contributed by atoms with E-state index < -0.39 is 24.6 Å². The van der Waals surface area contributed by atoms with Crippen LogP contribution in [0.1, 0.15) is 32.1 Å². The monoisotopic (exact) mass is 404 g/mol. The van der Waals surface area contributed by atoms with Crippen molar-refractivity contribution in [1.29, 1.82) is 0 Å². The van der Waals surface area contributed by atoms with Crippen LogP contribution in [0.2, 0.25) is 0 Å². The van der Waals surface area contributed by atoms with Crippen LogP contribution < -0.4 is 9.31 Å². The fraction of sp³-hybridized carbons (Fsp3) is 0.455. The van der Waals surface area contributed by atoms with Crippen molar-refractivity contribution in [3.05, 3.63) is 60.2 Å². The molecule has 0 atom stereocenters. The Morgan fingerprint density at radius 3 is 1.83 bits per heavy atom. The fourth-order valence-electron chi connectivity index (χ4n) is 3.95. The summed E-state index contributed by atoms with van der Waals surface area (Å²) in [6.45, 7) is 0.780. The highest BCUT2D eigenvalue weighted by Gasteiger charge is 2.45. The zero-order valence-corrected chi connectivity index (χ0v) is 17.4. The molecule has 1 saturated carbocycles. The molecule has 0 bridgehead atoms. The largest absolute Gasteiger partial charge is 0.788 e. The molecule has 0 heterocycles. The highest BCUT2D eigenvalue weighted by Crippen LogP contribution is 2.34. The minimum Gasteiger partial charge on any atom is -0.501 e. The van der Waals surface area contributed by atoms with Crippen molar-refractivity contribution >= 4 is 7.32 Å². The van der Waals surface area contributed by atoms with Gasteiger partial charge in [-0.3, -0.25) is 0 Å². The first-order chi connectivity index (χ1) is 13.7. The first-order valence-corrected chi connectivity index (χ1v) is 10.1. The molecular weight excluding hydrogens is 375 g/mol. The second-order valence-electron chi connectivity index (χ2n) is 8.75.